The fraction of sp³-hybridized carbons (Fsp3) is 0.419. The zero-order valence-corrected chi connectivity index (χ0v) is 21.5. The zero-order chi connectivity index (χ0) is 25.0. The van der Waals surface area contributed by atoms with E-state index in [0.717, 1.165) is 52.3 Å². The summed E-state index contributed by atoms with van der Waals surface area (Å²) in [5, 5.41) is 0. The minimum absolute atomic E-state index is 0.0872. The molecule has 182 valence electrons. The van der Waals surface area contributed by atoms with Crippen LogP contribution < -0.4 is 4.74 Å². The van der Waals surface area contributed by atoms with Crippen molar-refractivity contribution in [3.05, 3.63) is 88.3 Å². The Kier molecular flexibility index (Phi) is 5.74. The molecule has 0 aromatic heterocycles. The fourth-order valence-electron chi connectivity index (χ4n) is 6.00. The van der Waals surface area contributed by atoms with Gasteiger partial charge in [-0.15, -0.1) is 0 Å². The van der Waals surface area contributed by atoms with Gasteiger partial charge in [0.2, 0.25) is 0 Å². The third kappa shape index (κ3) is 4.47. The highest BCUT2D eigenvalue weighted by Crippen LogP contribution is 2.53. The lowest BCUT2D eigenvalue weighted by Crippen LogP contribution is -2.43. The van der Waals surface area contributed by atoms with Crippen molar-refractivity contribution in [2.75, 3.05) is 7.05 Å². The Morgan fingerprint density at radius 3 is 1.80 bits per heavy atom. The molecule has 0 bridgehead atoms. The van der Waals surface area contributed by atoms with Crippen LogP contribution in [0.5, 0.6) is 5.75 Å². The average Bonchev–Trinajstić information content (AvgIpc) is 2.79. The van der Waals surface area contributed by atoms with Gasteiger partial charge >= 0.3 is 0 Å². The second-order valence-electron chi connectivity index (χ2n) is 11.9. The van der Waals surface area contributed by atoms with E-state index in [1.54, 1.807) is 0 Å². The van der Waals surface area contributed by atoms with Gasteiger partial charge in [-0.05, 0) is 46.9 Å². The minimum atomic E-state index is -0.299. The molecule has 35 heavy (non-hydrogen) atoms. The number of benzene rings is 2. The summed E-state index contributed by atoms with van der Waals surface area (Å²) < 4.78 is 6.00. The molecular weight excluding hydrogens is 434 g/mol. The van der Waals surface area contributed by atoms with E-state index in [-0.39, 0.29) is 28.3 Å². The van der Waals surface area contributed by atoms with Crippen LogP contribution in [0.25, 0.3) is 0 Å². The quantitative estimate of drug-likeness (QED) is 0.507. The second-order valence-corrected chi connectivity index (χ2v) is 11.9. The first-order chi connectivity index (χ1) is 16.5. The van der Waals surface area contributed by atoms with Crippen LogP contribution in [0, 0.1) is 10.8 Å². The lowest BCUT2D eigenvalue weighted by molar-refractivity contribution is -0.119. The molecule has 2 aromatic rings. The van der Waals surface area contributed by atoms with Gasteiger partial charge in [-0.25, -0.2) is 0 Å². The predicted octanol–water partition coefficient (Wildman–Crippen LogP) is 6.58. The zero-order valence-electron chi connectivity index (χ0n) is 21.5. The summed E-state index contributed by atoms with van der Waals surface area (Å²) in [6, 6.07) is 18.1. The summed E-state index contributed by atoms with van der Waals surface area (Å²) in [7, 11) is 2.05. The van der Waals surface area contributed by atoms with Gasteiger partial charge in [-0.2, -0.15) is 0 Å². The van der Waals surface area contributed by atoms with Crippen molar-refractivity contribution < 1.29 is 14.3 Å². The highest BCUT2D eigenvalue weighted by Gasteiger charge is 2.48. The molecule has 0 saturated carbocycles. The number of ether oxygens (including phenoxy) is 1. The molecule has 0 saturated heterocycles. The van der Waals surface area contributed by atoms with Gasteiger partial charge in [0.1, 0.15) is 12.4 Å². The minimum Gasteiger partial charge on any atom is -0.489 e. The molecule has 4 nitrogen and oxygen atoms in total. The summed E-state index contributed by atoms with van der Waals surface area (Å²) in [6.07, 6.45) is 2.70. The first kappa shape index (κ1) is 23.6. The van der Waals surface area contributed by atoms with Crippen LogP contribution in [0.4, 0.5) is 0 Å². The van der Waals surface area contributed by atoms with Crippen LogP contribution in [-0.4, -0.2) is 23.5 Å². The molecular formula is C31H35NO3. The third-order valence-electron chi connectivity index (χ3n) is 7.64. The van der Waals surface area contributed by atoms with Gasteiger partial charge < -0.3 is 9.64 Å². The van der Waals surface area contributed by atoms with Crippen LogP contribution in [-0.2, 0) is 16.2 Å². The number of ketones is 2. The molecule has 0 amide bonds. The number of Topliss-reactive ketones (excluding diaryl/α,β-unsaturated/α-hetero) is 2. The second kappa shape index (κ2) is 8.51. The molecule has 1 aliphatic heterocycles. The number of allylic oxidation sites excluding steroid dienone is 4. The Morgan fingerprint density at radius 2 is 1.29 bits per heavy atom. The molecule has 0 unspecified atom stereocenters. The standard InChI is InChI=1S/C31H35NO3/c1-30(2)15-23-28(25(33)17-30)27(29-24(32(23)5)16-31(3,4)18-26(29)34)21-11-13-22(14-12-21)35-19-20-9-7-6-8-10-20/h6-14,27H,15-19H2,1-5H3. The highest BCUT2D eigenvalue weighted by molar-refractivity contribution is 6.06. The molecule has 1 heterocycles. The van der Waals surface area contributed by atoms with E-state index in [4.69, 9.17) is 4.74 Å². The highest BCUT2D eigenvalue weighted by atomic mass is 16.5. The molecule has 2 aliphatic carbocycles. The van der Waals surface area contributed by atoms with Crippen molar-refractivity contribution in [1.29, 1.82) is 0 Å². The van der Waals surface area contributed by atoms with Crippen LogP contribution in [0.2, 0.25) is 0 Å². The number of nitrogens with zero attached hydrogens (tertiary/aromatic N) is 1. The van der Waals surface area contributed by atoms with E-state index in [0.29, 0.717) is 19.4 Å². The predicted molar refractivity (Wildman–Crippen MR) is 138 cm³/mol. The maximum atomic E-state index is 13.6. The molecule has 0 spiro atoms. The largest absolute Gasteiger partial charge is 0.489 e. The molecule has 0 atom stereocenters. The van der Waals surface area contributed by atoms with Crippen LogP contribution >= 0.6 is 0 Å². The van der Waals surface area contributed by atoms with Crippen molar-refractivity contribution in [2.45, 2.75) is 65.9 Å². The fourth-order valence-corrected chi connectivity index (χ4v) is 6.00. The van der Waals surface area contributed by atoms with Gasteiger partial charge in [-0.1, -0.05) is 70.2 Å². The summed E-state index contributed by atoms with van der Waals surface area (Å²) in [6.45, 7) is 9.15. The molecule has 3 aliphatic rings. The summed E-state index contributed by atoms with van der Waals surface area (Å²) in [5.74, 6) is 0.816. The first-order valence-corrected chi connectivity index (χ1v) is 12.6. The van der Waals surface area contributed by atoms with Crippen molar-refractivity contribution in [3.63, 3.8) is 0 Å². The van der Waals surface area contributed by atoms with Gasteiger partial charge in [0, 0.05) is 48.3 Å². The van der Waals surface area contributed by atoms with E-state index in [1.165, 1.54) is 0 Å². The molecule has 2 aromatic carbocycles. The Hall–Kier alpha value is -3.14. The average molecular weight is 470 g/mol. The smallest absolute Gasteiger partial charge is 0.162 e. The van der Waals surface area contributed by atoms with Crippen molar-refractivity contribution >= 4 is 11.6 Å². The lowest BCUT2D eigenvalue weighted by atomic mass is 9.64. The van der Waals surface area contributed by atoms with Crippen molar-refractivity contribution in [1.82, 2.24) is 4.90 Å². The van der Waals surface area contributed by atoms with Crippen molar-refractivity contribution in [3.8, 4) is 5.75 Å². The molecule has 0 radical (unpaired) electrons. The van der Waals surface area contributed by atoms with Crippen LogP contribution in [0.15, 0.2) is 77.1 Å². The topological polar surface area (TPSA) is 46.6 Å². The van der Waals surface area contributed by atoms with Crippen LogP contribution in [0.3, 0.4) is 0 Å². The molecule has 4 heteroatoms. The van der Waals surface area contributed by atoms with E-state index >= 15 is 0 Å². The third-order valence-corrected chi connectivity index (χ3v) is 7.64. The van der Waals surface area contributed by atoms with Gasteiger partial charge in [0.05, 0.1) is 0 Å². The molecule has 0 fully saturated rings. The van der Waals surface area contributed by atoms with Crippen molar-refractivity contribution in [2.24, 2.45) is 10.8 Å². The number of carbonyl (C=O) groups excluding carboxylic acids is 2. The van der Waals surface area contributed by atoms with Crippen LogP contribution in [0.1, 0.15) is 70.4 Å². The normalized spacial score (nSPS) is 21.7. The van der Waals surface area contributed by atoms with Gasteiger partial charge in [0.25, 0.3) is 0 Å². The Labute approximate surface area is 208 Å². The van der Waals surface area contributed by atoms with E-state index in [1.807, 2.05) is 61.6 Å². The maximum Gasteiger partial charge on any atom is 0.162 e. The Morgan fingerprint density at radius 1 is 0.771 bits per heavy atom. The maximum absolute atomic E-state index is 13.6. The first-order valence-electron chi connectivity index (χ1n) is 12.6. The van der Waals surface area contributed by atoms with Gasteiger partial charge in [0.15, 0.2) is 11.6 Å². The summed E-state index contributed by atoms with van der Waals surface area (Å²) >= 11 is 0. The number of rotatable bonds is 4. The molecule has 5 rings (SSSR count). The summed E-state index contributed by atoms with van der Waals surface area (Å²) in [4.78, 5) is 29.3. The van der Waals surface area contributed by atoms with E-state index in [2.05, 4.69) is 32.6 Å². The number of carbonyl (C=O) groups is 2. The molecule has 0 N–H and O–H groups in total. The number of hydrogen-bond acceptors (Lipinski definition) is 4. The monoisotopic (exact) mass is 469 g/mol. The Balaban J connectivity index is 1.54. The summed E-state index contributed by atoms with van der Waals surface area (Å²) in [5.41, 5.74) is 5.74. The SMILES string of the molecule is CN1C2=C(C(=O)CC(C)(C)C2)C(c2ccc(OCc3ccccc3)cc2)C2=C1CC(C)(C)CC2=O. The van der Waals surface area contributed by atoms with E-state index < -0.39 is 0 Å². The lowest BCUT2D eigenvalue weighted by Gasteiger charge is -2.47. The van der Waals surface area contributed by atoms with Gasteiger partial charge in [-0.3, -0.25) is 9.59 Å². The van der Waals surface area contributed by atoms with E-state index in [9.17, 15) is 9.59 Å². The Bertz CT molecular complexity index is 1180. The number of hydrogen-bond donors (Lipinski definition) is 0.